The third-order valence-electron chi connectivity index (χ3n) is 3.46. The number of carbonyl (C=O) groups is 2. The molecule has 0 atom stereocenters. The summed E-state index contributed by atoms with van der Waals surface area (Å²) in [4.78, 5) is 30.3. The molecule has 1 fully saturated rings. The van der Waals surface area contributed by atoms with E-state index in [2.05, 4.69) is 15.6 Å². The van der Waals surface area contributed by atoms with E-state index in [-0.39, 0.29) is 18.5 Å². The second-order valence-corrected chi connectivity index (χ2v) is 5.60. The molecule has 1 aliphatic rings. The van der Waals surface area contributed by atoms with Gasteiger partial charge in [-0.3, -0.25) is 14.7 Å². The Morgan fingerprint density at radius 1 is 1.39 bits per heavy atom. The maximum absolute atomic E-state index is 11.5. The Morgan fingerprint density at radius 2 is 2.09 bits per heavy atom. The summed E-state index contributed by atoms with van der Waals surface area (Å²) < 4.78 is 0. The number of rotatable bonds is 5. The van der Waals surface area contributed by atoms with Gasteiger partial charge in [0.25, 0.3) is 0 Å². The van der Waals surface area contributed by atoms with Crippen LogP contribution in [0.3, 0.4) is 0 Å². The summed E-state index contributed by atoms with van der Waals surface area (Å²) in [5.74, 6) is 0.480. The predicted octanol–water partition coefficient (Wildman–Crippen LogP) is 0.899. The smallest absolute Gasteiger partial charge is 0.324 e. The summed E-state index contributed by atoms with van der Waals surface area (Å²) in [6.45, 7) is 1.49. The average Bonchev–Trinajstić information content (AvgIpc) is 2.85. The lowest BCUT2D eigenvalue weighted by atomic mass is 10.2. The molecule has 0 saturated carbocycles. The van der Waals surface area contributed by atoms with Crippen molar-refractivity contribution in [3.8, 4) is 0 Å². The maximum Gasteiger partial charge on any atom is 0.324 e. The van der Waals surface area contributed by atoms with Crippen LogP contribution in [0.2, 0.25) is 5.02 Å². The summed E-state index contributed by atoms with van der Waals surface area (Å²) in [6, 6.07) is 7.26. The highest BCUT2D eigenvalue weighted by molar-refractivity contribution is 6.30. The molecule has 0 aromatic heterocycles. The van der Waals surface area contributed by atoms with Gasteiger partial charge in [-0.1, -0.05) is 23.7 Å². The van der Waals surface area contributed by atoms with Gasteiger partial charge in [-0.15, -0.1) is 0 Å². The van der Waals surface area contributed by atoms with E-state index in [0.29, 0.717) is 30.6 Å². The van der Waals surface area contributed by atoms with Crippen LogP contribution in [-0.4, -0.2) is 61.4 Å². The number of benzene rings is 1. The van der Waals surface area contributed by atoms with Gasteiger partial charge in [0.05, 0.1) is 6.54 Å². The van der Waals surface area contributed by atoms with Crippen LogP contribution in [-0.2, 0) is 11.3 Å². The fourth-order valence-corrected chi connectivity index (χ4v) is 2.41. The van der Waals surface area contributed by atoms with Gasteiger partial charge in [0.1, 0.15) is 0 Å². The van der Waals surface area contributed by atoms with Crippen LogP contribution in [0.4, 0.5) is 4.79 Å². The Morgan fingerprint density at radius 3 is 2.65 bits per heavy atom. The number of guanidine groups is 1. The average molecular weight is 338 g/mol. The normalized spacial score (nSPS) is 14.9. The fourth-order valence-electron chi connectivity index (χ4n) is 2.28. The van der Waals surface area contributed by atoms with Gasteiger partial charge in [0.15, 0.2) is 5.96 Å². The van der Waals surface area contributed by atoms with E-state index < -0.39 is 0 Å². The van der Waals surface area contributed by atoms with Crippen LogP contribution < -0.4 is 10.6 Å². The second-order valence-electron chi connectivity index (χ2n) is 5.16. The zero-order valence-corrected chi connectivity index (χ0v) is 13.9. The molecule has 0 spiro atoms. The number of carbonyl (C=O) groups excluding carboxylic acids is 2. The van der Waals surface area contributed by atoms with Gasteiger partial charge in [0.2, 0.25) is 5.91 Å². The standard InChI is InChI=1S/C15H20ClN5O2/c1-17-14(18-7-8-21-13(22)9-19-15(21)23)20(2)10-11-3-5-12(16)6-4-11/h3-6H,7-10H2,1-2H3,(H,17,18)(H,19,23). The number of amides is 3. The molecule has 7 nitrogen and oxygen atoms in total. The number of imide groups is 1. The first kappa shape index (κ1) is 17.1. The van der Waals surface area contributed by atoms with Gasteiger partial charge in [-0.25, -0.2) is 4.79 Å². The molecular weight excluding hydrogens is 318 g/mol. The number of aliphatic imine (C=N–C) groups is 1. The van der Waals surface area contributed by atoms with Crippen LogP contribution in [0, 0.1) is 0 Å². The molecule has 1 aromatic rings. The lowest BCUT2D eigenvalue weighted by Crippen LogP contribution is -2.43. The molecular formula is C15H20ClN5O2. The van der Waals surface area contributed by atoms with Crippen LogP contribution >= 0.6 is 11.6 Å². The van der Waals surface area contributed by atoms with Crippen molar-refractivity contribution in [2.75, 3.05) is 33.7 Å². The summed E-state index contributed by atoms with van der Waals surface area (Å²) in [7, 11) is 3.60. The van der Waals surface area contributed by atoms with E-state index in [1.165, 1.54) is 4.90 Å². The zero-order chi connectivity index (χ0) is 16.8. The summed E-state index contributed by atoms with van der Waals surface area (Å²) in [6.07, 6.45) is 0. The van der Waals surface area contributed by atoms with Crippen molar-refractivity contribution < 1.29 is 9.59 Å². The quantitative estimate of drug-likeness (QED) is 0.475. The van der Waals surface area contributed by atoms with Crippen LogP contribution in [0.25, 0.3) is 0 Å². The summed E-state index contributed by atoms with van der Waals surface area (Å²) in [5, 5.41) is 6.34. The molecule has 1 heterocycles. The minimum Gasteiger partial charge on any atom is -0.354 e. The third-order valence-corrected chi connectivity index (χ3v) is 3.71. The summed E-state index contributed by atoms with van der Waals surface area (Å²) in [5.41, 5.74) is 1.11. The number of hydrogen-bond donors (Lipinski definition) is 2. The molecule has 1 aromatic carbocycles. The monoisotopic (exact) mass is 337 g/mol. The van der Waals surface area contributed by atoms with Gasteiger partial charge in [-0.2, -0.15) is 0 Å². The van der Waals surface area contributed by atoms with Crippen molar-refractivity contribution in [2.24, 2.45) is 4.99 Å². The van der Waals surface area contributed by atoms with Gasteiger partial charge in [-0.05, 0) is 17.7 Å². The highest BCUT2D eigenvalue weighted by Crippen LogP contribution is 2.11. The van der Waals surface area contributed by atoms with Gasteiger partial charge < -0.3 is 15.5 Å². The van der Waals surface area contributed by atoms with E-state index >= 15 is 0 Å². The van der Waals surface area contributed by atoms with Crippen molar-refractivity contribution in [1.82, 2.24) is 20.4 Å². The molecule has 1 aliphatic heterocycles. The summed E-state index contributed by atoms with van der Waals surface area (Å²) >= 11 is 5.88. The Hall–Kier alpha value is -2.28. The number of urea groups is 1. The molecule has 2 N–H and O–H groups in total. The number of nitrogens with one attached hydrogen (secondary N) is 2. The first-order chi connectivity index (χ1) is 11.0. The van der Waals surface area contributed by atoms with E-state index in [1.807, 2.05) is 36.2 Å². The lowest BCUT2D eigenvalue weighted by Gasteiger charge is -2.23. The molecule has 0 bridgehead atoms. The molecule has 124 valence electrons. The van der Waals surface area contributed by atoms with E-state index in [1.54, 1.807) is 7.05 Å². The maximum atomic E-state index is 11.5. The number of nitrogens with zero attached hydrogens (tertiary/aromatic N) is 3. The number of hydrogen-bond acceptors (Lipinski definition) is 3. The molecule has 23 heavy (non-hydrogen) atoms. The molecule has 0 radical (unpaired) electrons. The highest BCUT2D eigenvalue weighted by atomic mass is 35.5. The van der Waals surface area contributed by atoms with Crippen molar-refractivity contribution in [3.63, 3.8) is 0 Å². The molecule has 1 saturated heterocycles. The minimum absolute atomic E-state index is 0.0734. The SMILES string of the molecule is CN=C(NCCN1C(=O)CNC1=O)N(C)Cc1ccc(Cl)cc1. The minimum atomic E-state index is -0.346. The van der Waals surface area contributed by atoms with Crippen molar-refractivity contribution >= 4 is 29.5 Å². The van der Waals surface area contributed by atoms with Gasteiger partial charge >= 0.3 is 6.03 Å². The molecule has 0 unspecified atom stereocenters. The zero-order valence-electron chi connectivity index (χ0n) is 13.2. The lowest BCUT2D eigenvalue weighted by molar-refractivity contribution is -0.124. The first-order valence-electron chi connectivity index (χ1n) is 7.25. The molecule has 2 rings (SSSR count). The largest absolute Gasteiger partial charge is 0.354 e. The van der Waals surface area contributed by atoms with E-state index in [4.69, 9.17) is 11.6 Å². The van der Waals surface area contributed by atoms with Crippen LogP contribution in [0.5, 0.6) is 0 Å². The van der Waals surface area contributed by atoms with Gasteiger partial charge in [0, 0.05) is 38.8 Å². The third kappa shape index (κ3) is 4.59. The van der Waals surface area contributed by atoms with Crippen LogP contribution in [0.1, 0.15) is 5.56 Å². The Balaban J connectivity index is 1.83. The molecule has 0 aliphatic carbocycles. The molecule has 3 amide bonds. The first-order valence-corrected chi connectivity index (χ1v) is 7.63. The van der Waals surface area contributed by atoms with Crippen LogP contribution in [0.15, 0.2) is 29.3 Å². The highest BCUT2D eigenvalue weighted by Gasteiger charge is 2.27. The Labute approximate surface area is 140 Å². The van der Waals surface area contributed by atoms with E-state index in [0.717, 1.165) is 5.56 Å². The Kier molecular flexibility index (Phi) is 5.81. The number of halogens is 1. The topological polar surface area (TPSA) is 77.0 Å². The van der Waals surface area contributed by atoms with E-state index in [9.17, 15) is 9.59 Å². The Bertz CT molecular complexity index is 586. The predicted molar refractivity (Wildman–Crippen MR) is 89.4 cm³/mol. The fraction of sp³-hybridized carbons (Fsp3) is 0.400. The van der Waals surface area contributed by atoms with Crippen molar-refractivity contribution in [1.29, 1.82) is 0 Å². The van der Waals surface area contributed by atoms with Crippen molar-refractivity contribution in [3.05, 3.63) is 34.9 Å². The second kappa shape index (κ2) is 7.82. The molecule has 8 heteroatoms. The van der Waals surface area contributed by atoms with Crippen molar-refractivity contribution in [2.45, 2.75) is 6.54 Å².